The highest BCUT2D eigenvalue weighted by atomic mass is 79.9. The summed E-state index contributed by atoms with van der Waals surface area (Å²) in [6.45, 7) is 4.33. The Morgan fingerprint density at radius 2 is 1.95 bits per heavy atom. The first-order chi connectivity index (χ1) is 9.70. The third-order valence-corrected chi connectivity index (χ3v) is 3.60. The molecule has 1 N–H and O–H groups in total. The standard InChI is InChI=1S/C16H18BrFN2/c1-2-20(16-9-4-3-8-15(16)18)11-10-19-14-7-5-6-13(17)12-14/h3-9,12,19H,2,10-11H2,1H3. The van der Waals surface area contributed by atoms with E-state index in [1.165, 1.54) is 6.07 Å². The van der Waals surface area contributed by atoms with Crippen LogP contribution in [-0.4, -0.2) is 19.6 Å². The molecule has 4 heteroatoms. The zero-order valence-corrected chi connectivity index (χ0v) is 13.0. The molecule has 0 unspecified atom stereocenters. The average molecular weight is 337 g/mol. The molecule has 106 valence electrons. The number of para-hydroxylation sites is 1. The Bertz CT molecular complexity index is 560. The van der Waals surface area contributed by atoms with E-state index < -0.39 is 0 Å². The molecule has 0 aliphatic carbocycles. The second-order valence-electron chi connectivity index (χ2n) is 4.47. The summed E-state index contributed by atoms with van der Waals surface area (Å²) in [5, 5.41) is 3.35. The van der Waals surface area contributed by atoms with Gasteiger partial charge in [0, 0.05) is 29.8 Å². The Balaban J connectivity index is 1.93. The molecule has 2 nitrogen and oxygen atoms in total. The molecule has 0 aromatic heterocycles. The minimum Gasteiger partial charge on any atom is -0.383 e. The van der Waals surface area contributed by atoms with Gasteiger partial charge in [0.1, 0.15) is 5.82 Å². The molecule has 0 atom stereocenters. The largest absolute Gasteiger partial charge is 0.383 e. The summed E-state index contributed by atoms with van der Waals surface area (Å²) in [7, 11) is 0. The van der Waals surface area contributed by atoms with Gasteiger partial charge in [-0.2, -0.15) is 0 Å². The van der Waals surface area contributed by atoms with Crippen molar-refractivity contribution in [3.63, 3.8) is 0 Å². The topological polar surface area (TPSA) is 15.3 Å². The van der Waals surface area contributed by atoms with Crippen LogP contribution >= 0.6 is 15.9 Å². The molecule has 20 heavy (non-hydrogen) atoms. The molecule has 2 aromatic rings. The van der Waals surface area contributed by atoms with Gasteiger partial charge in [0.25, 0.3) is 0 Å². The van der Waals surface area contributed by atoms with Crippen molar-refractivity contribution in [2.75, 3.05) is 29.9 Å². The van der Waals surface area contributed by atoms with E-state index in [0.29, 0.717) is 5.69 Å². The molecule has 0 radical (unpaired) electrons. The molecule has 0 bridgehead atoms. The molecule has 0 aliphatic heterocycles. The first-order valence-electron chi connectivity index (χ1n) is 6.69. The highest BCUT2D eigenvalue weighted by Gasteiger charge is 2.08. The fraction of sp³-hybridized carbons (Fsp3) is 0.250. The van der Waals surface area contributed by atoms with Gasteiger partial charge >= 0.3 is 0 Å². The Hall–Kier alpha value is -1.55. The first kappa shape index (κ1) is 14.9. The van der Waals surface area contributed by atoms with Gasteiger partial charge in [-0.05, 0) is 37.3 Å². The summed E-state index contributed by atoms with van der Waals surface area (Å²) < 4.78 is 14.8. The summed E-state index contributed by atoms with van der Waals surface area (Å²) >= 11 is 3.44. The van der Waals surface area contributed by atoms with E-state index >= 15 is 0 Å². The molecule has 0 saturated carbocycles. The molecular weight excluding hydrogens is 319 g/mol. The Morgan fingerprint density at radius 3 is 2.65 bits per heavy atom. The molecule has 2 rings (SSSR count). The molecule has 0 spiro atoms. The highest BCUT2D eigenvalue weighted by molar-refractivity contribution is 9.10. The summed E-state index contributed by atoms with van der Waals surface area (Å²) in [6.07, 6.45) is 0. The molecule has 2 aromatic carbocycles. The quantitative estimate of drug-likeness (QED) is 0.833. The van der Waals surface area contributed by atoms with Crippen LogP contribution in [0.25, 0.3) is 0 Å². The maximum Gasteiger partial charge on any atom is 0.146 e. The van der Waals surface area contributed by atoms with Crippen molar-refractivity contribution in [3.05, 3.63) is 58.8 Å². The van der Waals surface area contributed by atoms with Gasteiger partial charge < -0.3 is 10.2 Å². The lowest BCUT2D eigenvalue weighted by Crippen LogP contribution is -2.29. The molecule has 0 fully saturated rings. The smallest absolute Gasteiger partial charge is 0.146 e. The van der Waals surface area contributed by atoms with Gasteiger partial charge in [-0.15, -0.1) is 0 Å². The van der Waals surface area contributed by atoms with E-state index in [1.54, 1.807) is 6.07 Å². The van der Waals surface area contributed by atoms with Crippen LogP contribution in [0.3, 0.4) is 0 Å². The number of hydrogen-bond donors (Lipinski definition) is 1. The lowest BCUT2D eigenvalue weighted by Gasteiger charge is -2.24. The van der Waals surface area contributed by atoms with E-state index in [-0.39, 0.29) is 5.82 Å². The van der Waals surface area contributed by atoms with Crippen LogP contribution in [0.1, 0.15) is 6.92 Å². The number of anilines is 2. The number of nitrogens with one attached hydrogen (secondary N) is 1. The van der Waals surface area contributed by atoms with Crippen LogP contribution in [0.5, 0.6) is 0 Å². The Labute approximate surface area is 127 Å². The second-order valence-corrected chi connectivity index (χ2v) is 5.38. The normalized spacial score (nSPS) is 10.3. The zero-order valence-electron chi connectivity index (χ0n) is 11.4. The lowest BCUT2D eigenvalue weighted by molar-refractivity contribution is 0.619. The van der Waals surface area contributed by atoms with Crippen LogP contribution < -0.4 is 10.2 Å². The van der Waals surface area contributed by atoms with Crippen molar-refractivity contribution < 1.29 is 4.39 Å². The van der Waals surface area contributed by atoms with E-state index in [2.05, 4.69) is 21.2 Å². The predicted molar refractivity (Wildman–Crippen MR) is 86.9 cm³/mol. The van der Waals surface area contributed by atoms with Gasteiger partial charge in [-0.1, -0.05) is 34.1 Å². The highest BCUT2D eigenvalue weighted by Crippen LogP contribution is 2.18. The number of likely N-dealkylation sites (N-methyl/N-ethyl adjacent to an activating group) is 1. The van der Waals surface area contributed by atoms with Crippen molar-refractivity contribution in [3.8, 4) is 0 Å². The van der Waals surface area contributed by atoms with Crippen molar-refractivity contribution in [1.29, 1.82) is 0 Å². The van der Waals surface area contributed by atoms with Crippen LogP contribution in [0.15, 0.2) is 53.0 Å². The second kappa shape index (κ2) is 7.29. The van der Waals surface area contributed by atoms with Gasteiger partial charge in [0.05, 0.1) is 5.69 Å². The minimum atomic E-state index is -0.170. The van der Waals surface area contributed by atoms with E-state index in [1.807, 2.05) is 48.2 Å². The fourth-order valence-electron chi connectivity index (χ4n) is 2.09. The van der Waals surface area contributed by atoms with E-state index in [9.17, 15) is 4.39 Å². The summed E-state index contributed by atoms with van der Waals surface area (Å²) in [6, 6.07) is 14.9. The van der Waals surface area contributed by atoms with Gasteiger partial charge in [-0.25, -0.2) is 4.39 Å². The molecular formula is C16H18BrFN2. The number of nitrogens with zero attached hydrogens (tertiary/aromatic N) is 1. The molecule has 0 heterocycles. The maximum absolute atomic E-state index is 13.8. The van der Waals surface area contributed by atoms with E-state index in [4.69, 9.17) is 0 Å². The van der Waals surface area contributed by atoms with Crippen LogP contribution in [0, 0.1) is 5.82 Å². The Kier molecular flexibility index (Phi) is 5.41. The molecule has 0 amide bonds. The average Bonchev–Trinajstić information content (AvgIpc) is 2.45. The SMILES string of the molecule is CCN(CCNc1cccc(Br)c1)c1ccccc1F. The molecule has 0 saturated heterocycles. The Morgan fingerprint density at radius 1 is 1.15 bits per heavy atom. The zero-order chi connectivity index (χ0) is 14.4. The van der Waals surface area contributed by atoms with Gasteiger partial charge in [-0.3, -0.25) is 0 Å². The van der Waals surface area contributed by atoms with Crippen LogP contribution in [0.2, 0.25) is 0 Å². The number of benzene rings is 2. The monoisotopic (exact) mass is 336 g/mol. The van der Waals surface area contributed by atoms with Gasteiger partial charge in [0.2, 0.25) is 0 Å². The third-order valence-electron chi connectivity index (χ3n) is 3.11. The van der Waals surface area contributed by atoms with Crippen molar-refractivity contribution in [2.24, 2.45) is 0 Å². The first-order valence-corrected chi connectivity index (χ1v) is 7.49. The number of hydrogen-bond acceptors (Lipinski definition) is 2. The third kappa shape index (κ3) is 3.97. The maximum atomic E-state index is 13.8. The fourth-order valence-corrected chi connectivity index (χ4v) is 2.49. The van der Waals surface area contributed by atoms with Gasteiger partial charge in [0.15, 0.2) is 0 Å². The minimum absolute atomic E-state index is 0.170. The molecule has 0 aliphatic rings. The van der Waals surface area contributed by atoms with Crippen LogP contribution in [-0.2, 0) is 0 Å². The van der Waals surface area contributed by atoms with Crippen molar-refractivity contribution in [1.82, 2.24) is 0 Å². The van der Waals surface area contributed by atoms with Crippen LogP contribution in [0.4, 0.5) is 15.8 Å². The summed E-state index contributed by atoms with van der Waals surface area (Å²) in [5.74, 6) is -0.170. The van der Waals surface area contributed by atoms with E-state index in [0.717, 1.165) is 29.8 Å². The predicted octanol–water partition coefficient (Wildman–Crippen LogP) is 4.53. The lowest BCUT2D eigenvalue weighted by atomic mass is 10.2. The number of rotatable bonds is 6. The summed E-state index contributed by atoms with van der Waals surface area (Å²) in [4.78, 5) is 2.03. The van der Waals surface area contributed by atoms with Crippen molar-refractivity contribution in [2.45, 2.75) is 6.92 Å². The number of halogens is 2. The summed E-state index contributed by atoms with van der Waals surface area (Å²) in [5.41, 5.74) is 1.72. The van der Waals surface area contributed by atoms with Crippen molar-refractivity contribution >= 4 is 27.3 Å².